The van der Waals surface area contributed by atoms with Crippen LogP contribution in [0.4, 0.5) is 0 Å². The Hall–Kier alpha value is -1.65. The highest BCUT2D eigenvalue weighted by atomic mass is 16.5. The third-order valence-electron chi connectivity index (χ3n) is 4.29. The molecule has 1 aliphatic carbocycles. The van der Waals surface area contributed by atoms with Gasteiger partial charge in [-0.25, -0.2) is 0 Å². The highest BCUT2D eigenvalue weighted by Crippen LogP contribution is 2.34. The molecule has 0 heterocycles. The number of benzene rings is 1. The van der Waals surface area contributed by atoms with Crippen LogP contribution < -0.4 is 4.74 Å². The number of methoxy groups -OCH3 is 1. The van der Waals surface area contributed by atoms with Crippen LogP contribution in [-0.4, -0.2) is 29.7 Å². The quantitative estimate of drug-likeness (QED) is 0.905. The smallest absolute Gasteiger partial charge is 0.187 e. The highest BCUT2D eigenvalue weighted by molar-refractivity contribution is 5.98. The van der Waals surface area contributed by atoms with Crippen molar-refractivity contribution < 1.29 is 19.4 Å². The predicted octanol–water partition coefficient (Wildman–Crippen LogP) is 2.50. The molecule has 0 saturated heterocycles. The molecule has 2 rings (SSSR count). The molecule has 0 radical (unpaired) electrons. The second-order valence-corrected chi connectivity index (χ2v) is 5.38. The standard InChI is InChI=1S/C17H22O4/c1-4-17(12(2)15(18)9-10-16(17)19)21-11-13-5-7-14(20-3)8-6-13/h5-10,12,15,18H,4,11H2,1-3H3/t12-,15-,17-/m0/s1. The first-order valence-electron chi connectivity index (χ1n) is 7.21. The fourth-order valence-corrected chi connectivity index (χ4v) is 2.73. The van der Waals surface area contributed by atoms with Crippen LogP contribution in [0, 0.1) is 5.92 Å². The van der Waals surface area contributed by atoms with Crippen LogP contribution in [0.25, 0.3) is 0 Å². The Labute approximate surface area is 125 Å². The number of carbonyl (C=O) groups is 1. The van der Waals surface area contributed by atoms with Gasteiger partial charge in [-0.3, -0.25) is 4.79 Å². The van der Waals surface area contributed by atoms with E-state index in [0.29, 0.717) is 13.0 Å². The number of carbonyl (C=O) groups excluding carboxylic acids is 1. The fourth-order valence-electron chi connectivity index (χ4n) is 2.73. The predicted molar refractivity (Wildman–Crippen MR) is 80.1 cm³/mol. The van der Waals surface area contributed by atoms with E-state index in [-0.39, 0.29) is 11.7 Å². The normalized spacial score (nSPS) is 28.7. The van der Waals surface area contributed by atoms with Crippen molar-refractivity contribution in [3.63, 3.8) is 0 Å². The van der Waals surface area contributed by atoms with Gasteiger partial charge in [0.15, 0.2) is 5.78 Å². The van der Waals surface area contributed by atoms with Crippen molar-refractivity contribution >= 4 is 5.78 Å². The Morgan fingerprint density at radius 3 is 2.52 bits per heavy atom. The minimum atomic E-state index is -0.950. The topological polar surface area (TPSA) is 55.8 Å². The van der Waals surface area contributed by atoms with Crippen molar-refractivity contribution in [2.24, 2.45) is 5.92 Å². The van der Waals surface area contributed by atoms with E-state index in [1.165, 1.54) is 12.2 Å². The lowest BCUT2D eigenvalue weighted by molar-refractivity contribution is -0.159. The van der Waals surface area contributed by atoms with Crippen LogP contribution >= 0.6 is 0 Å². The number of ketones is 1. The largest absolute Gasteiger partial charge is 0.497 e. The molecule has 0 aliphatic heterocycles. The van der Waals surface area contributed by atoms with Gasteiger partial charge in [0, 0.05) is 5.92 Å². The van der Waals surface area contributed by atoms with E-state index in [1.54, 1.807) is 7.11 Å². The van der Waals surface area contributed by atoms with Gasteiger partial charge < -0.3 is 14.6 Å². The molecule has 1 N–H and O–H groups in total. The summed E-state index contributed by atoms with van der Waals surface area (Å²) < 4.78 is 11.1. The molecule has 0 spiro atoms. The van der Waals surface area contributed by atoms with Crippen LogP contribution in [0.15, 0.2) is 36.4 Å². The molecule has 0 unspecified atom stereocenters. The van der Waals surface area contributed by atoms with E-state index in [2.05, 4.69) is 0 Å². The Balaban J connectivity index is 2.14. The minimum absolute atomic E-state index is 0.0729. The monoisotopic (exact) mass is 290 g/mol. The summed E-state index contributed by atoms with van der Waals surface area (Å²) in [6.07, 6.45) is 2.85. The maximum absolute atomic E-state index is 12.3. The molecule has 0 fully saturated rings. The average Bonchev–Trinajstić information content (AvgIpc) is 2.52. The molecule has 0 aromatic heterocycles. The summed E-state index contributed by atoms with van der Waals surface area (Å²) in [4.78, 5) is 12.3. The van der Waals surface area contributed by atoms with Crippen LogP contribution in [-0.2, 0) is 16.1 Å². The van der Waals surface area contributed by atoms with Crippen molar-refractivity contribution in [3.8, 4) is 5.75 Å². The Bertz CT molecular complexity index is 520. The summed E-state index contributed by atoms with van der Waals surface area (Å²) >= 11 is 0. The van der Waals surface area contributed by atoms with Gasteiger partial charge in [-0.15, -0.1) is 0 Å². The van der Waals surface area contributed by atoms with Gasteiger partial charge >= 0.3 is 0 Å². The molecule has 4 nitrogen and oxygen atoms in total. The fraction of sp³-hybridized carbons (Fsp3) is 0.471. The van der Waals surface area contributed by atoms with E-state index in [9.17, 15) is 9.90 Å². The first-order valence-corrected chi connectivity index (χ1v) is 7.21. The molecule has 0 saturated carbocycles. The summed E-state index contributed by atoms with van der Waals surface area (Å²) in [6, 6.07) is 7.54. The zero-order valence-electron chi connectivity index (χ0n) is 12.7. The van der Waals surface area contributed by atoms with Crippen molar-refractivity contribution in [2.75, 3.05) is 7.11 Å². The number of hydrogen-bond acceptors (Lipinski definition) is 4. The Morgan fingerprint density at radius 2 is 1.95 bits per heavy atom. The lowest BCUT2D eigenvalue weighted by atomic mass is 9.75. The molecular weight excluding hydrogens is 268 g/mol. The van der Waals surface area contributed by atoms with Crippen molar-refractivity contribution in [2.45, 2.75) is 38.6 Å². The number of aliphatic hydroxyl groups is 1. The molecule has 1 aliphatic rings. The second-order valence-electron chi connectivity index (χ2n) is 5.38. The SMILES string of the molecule is CC[C@@]1(OCc2ccc(OC)cc2)C(=O)C=C[C@H](O)[C@@H]1C. The summed E-state index contributed by atoms with van der Waals surface area (Å²) in [5.41, 5.74) is 0.0151. The van der Waals surface area contributed by atoms with Crippen LogP contribution in [0.2, 0.25) is 0 Å². The summed E-state index contributed by atoms with van der Waals surface area (Å²) in [5, 5.41) is 9.99. The number of rotatable bonds is 5. The van der Waals surface area contributed by atoms with Gasteiger partial charge in [-0.05, 0) is 30.2 Å². The molecule has 4 heteroatoms. The van der Waals surface area contributed by atoms with Crippen molar-refractivity contribution in [1.29, 1.82) is 0 Å². The summed E-state index contributed by atoms with van der Waals surface area (Å²) in [6.45, 7) is 4.09. The Kier molecular flexibility index (Phi) is 4.80. The summed E-state index contributed by atoms with van der Waals surface area (Å²) in [5.74, 6) is 0.444. The van der Waals surface area contributed by atoms with Crippen molar-refractivity contribution in [3.05, 3.63) is 42.0 Å². The Morgan fingerprint density at radius 1 is 1.29 bits per heavy atom. The van der Waals surface area contributed by atoms with Gasteiger partial charge in [0.2, 0.25) is 0 Å². The lowest BCUT2D eigenvalue weighted by Gasteiger charge is -2.40. The van der Waals surface area contributed by atoms with Crippen LogP contribution in [0.1, 0.15) is 25.8 Å². The maximum Gasteiger partial charge on any atom is 0.187 e. The lowest BCUT2D eigenvalue weighted by Crippen LogP contribution is -2.52. The number of ether oxygens (including phenoxy) is 2. The molecule has 1 aromatic rings. The van der Waals surface area contributed by atoms with Crippen LogP contribution in [0.3, 0.4) is 0 Å². The van der Waals surface area contributed by atoms with Gasteiger partial charge in [-0.1, -0.05) is 32.1 Å². The van der Waals surface area contributed by atoms with Crippen LogP contribution in [0.5, 0.6) is 5.75 Å². The average molecular weight is 290 g/mol. The third kappa shape index (κ3) is 3.01. The molecule has 21 heavy (non-hydrogen) atoms. The van der Waals surface area contributed by atoms with E-state index in [4.69, 9.17) is 9.47 Å². The highest BCUT2D eigenvalue weighted by Gasteiger charge is 2.46. The second kappa shape index (κ2) is 6.41. The van der Waals surface area contributed by atoms with E-state index >= 15 is 0 Å². The molecule has 114 valence electrons. The van der Waals surface area contributed by atoms with E-state index in [0.717, 1.165) is 11.3 Å². The van der Waals surface area contributed by atoms with Gasteiger partial charge in [0.25, 0.3) is 0 Å². The third-order valence-corrected chi connectivity index (χ3v) is 4.29. The van der Waals surface area contributed by atoms with Gasteiger partial charge in [-0.2, -0.15) is 0 Å². The molecular formula is C17H22O4. The molecule has 0 bridgehead atoms. The minimum Gasteiger partial charge on any atom is -0.497 e. The molecule has 1 aromatic carbocycles. The van der Waals surface area contributed by atoms with Crippen molar-refractivity contribution in [1.82, 2.24) is 0 Å². The van der Waals surface area contributed by atoms with E-state index in [1.807, 2.05) is 38.1 Å². The molecule has 0 amide bonds. The van der Waals surface area contributed by atoms with Gasteiger partial charge in [0.05, 0.1) is 19.8 Å². The maximum atomic E-state index is 12.3. The van der Waals surface area contributed by atoms with E-state index < -0.39 is 11.7 Å². The summed E-state index contributed by atoms with van der Waals surface area (Å²) in [7, 11) is 1.62. The zero-order chi connectivity index (χ0) is 15.5. The number of hydrogen-bond donors (Lipinski definition) is 1. The zero-order valence-corrected chi connectivity index (χ0v) is 12.7. The first kappa shape index (κ1) is 15.7. The molecule has 3 atom stereocenters. The number of aliphatic hydroxyl groups excluding tert-OH is 1. The first-order chi connectivity index (χ1) is 10.0. The van der Waals surface area contributed by atoms with Gasteiger partial charge in [0.1, 0.15) is 11.4 Å².